The minimum Gasteiger partial charge on any atom is -0.357 e. The lowest BCUT2D eigenvalue weighted by Crippen LogP contribution is -2.32. The minimum absolute atomic E-state index is 0.0311. The van der Waals surface area contributed by atoms with Gasteiger partial charge in [0, 0.05) is 5.02 Å². The topological polar surface area (TPSA) is 64.1 Å². The summed E-state index contributed by atoms with van der Waals surface area (Å²) in [6.07, 6.45) is 1.69. The summed E-state index contributed by atoms with van der Waals surface area (Å²) in [4.78, 5) is 26.4. The number of aromatic nitrogens is 2. The molecule has 6 heteroatoms. The number of H-pyrrole nitrogens is 1. The number of rotatable bonds is 3. The van der Waals surface area contributed by atoms with Crippen LogP contribution in [0.25, 0.3) is 10.9 Å². The Morgan fingerprint density at radius 2 is 1.83 bits per heavy atom. The molecule has 3 aromatic rings. The highest BCUT2D eigenvalue weighted by molar-refractivity contribution is 6.31. The van der Waals surface area contributed by atoms with Gasteiger partial charge >= 0.3 is 5.69 Å². The first-order valence-corrected chi connectivity index (χ1v) is 8.10. The van der Waals surface area contributed by atoms with E-state index in [1.165, 1.54) is 15.7 Å². The lowest BCUT2D eigenvalue weighted by atomic mass is 10.1. The number of hydrogen-bond donors (Lipinski definition) is 1. The Hall–Kier alpha value is -2.37. The number of benzene rings is 2. The molecule has 1 aliphatic rings. The van der Waals surface area contributed by atoms with Gasteiger partial charge in [0.05, 0.1) is 17.0 Å². The lowest BCUT2D eigenvalue weighted by molar-refractivity contribution is 0.0133. The largest absolute Gasteiger partial charge is 0.357 e. The smallest absolute Gasteiger partial charge is 0.330 e. The van der Waals surface area contributed by atoms with Crippen molar-refractivity contribution in [3.8, 4) is 0 Å². The van der Waals surface area contributed by atoms with Gasteiger partial charge in [-0.2, -0.15) is 0 Å². The first-order valence-electron chi connectivity index (χ1n) is 7.72. The molecule has 0 saturated heterocycles. The van der Waals surface area contributed by atoms with Crippen LogP contribution in [-0.4, -0.2) is 15.7 Å². The van der Waals surface area contributed by atoms with Gasteiger partial charge in [-0.15, -0.1) is 0 Å². The van der Waals surface area contributed by atoms with Crippen molar-refractivity contribution in [2.75, 3.05) is 0 Å². The van der Waals surface area contributed by atoms with Crippen molar-refractivity contribution in [1.29, 1.82) is 0 Å². The molecule has 5 nitrogen and oxygen atoms in total. The van der Waals surface area contributed by atoms with E-state index < -0.39 is 11.2 Å². The van der Waals surface area contributed by atoms with Gasteiger partial charge < -0.3 is 4.74 Å². The Kier molecular flexibility index (Phi) is 3.75. The summed E-state index contributed by atoms with van der Waals surface area (Å²) in [7, 11) is 0. The van der Waals surface area contributed by atoms with E-state index in [9.17, 15) is 9.59 Å². The summed E-state index contributed by atoms with van der Waals surface area (Å²) in [6.45, 7) is 0.0897. The van der Waals surface area contributed by atoms with Crippen molar-refractivity contribution in [1.82, 2.24) is 9.55 Å². The van der Waals surface area contributed by atoms with Crippen molar-refractivity contribution >= 4 is 22.5 Å². The maximum Gasteiger partial charge on any atom is 0.330 e. The molecule has 4 rings (SSSR count). The Balaban J connectivity index is 1.62. The summed E-state index contributed by atoms with van der Waals surface area (Å²) in [6, 6.07) is 13.1. The molecule has 24 heavy (non-hydrogen) atoms. The second-order valence-corrected chi connectivity index (χ2v) is 6.38. The van der Waals surface area contributed by atoms with Gasteiger partial charge in [-0.05, 0) is 42.2 Å². The van der Waals surface area contributed by atoms with Gasteiger partial charge in [-0.25, -0.2) is 4.79 Å². The molecular weight excluding hydrogens is 328 g/mol. The predicted molar refractivity (Wildman–Crippen MR) is 92.6 cm³/mol. The van der Waals surface area contributed by atoms with E-state index in [4.69, 9.17) is 16.3 Å². The molecule has 0 amide bonds. The zero-order valence-corrected chi connectivity index (χ0v) is 13.5. The molecule has 0 bridgehead atoms. The fourth-order valence-corrected chi connectivity index (χ4v) is 3.38. The highest BCUT2D eigenvalue weighted by Crippen LogP contribution is 2.24. The molecule has 1 N–H and O–H groups in total. The SMILES string of the molecule is O=c1[nH]c(=O)n(COC2Cc3ccccc3C2)c2ccc(Cl)cc12. The second-order valence-electron chi connectivity index (χ2n) is 5.94. The average Bonchev–Trinajstić information content (AvgIpc) is 2.98. The zero-order valence-electron chi connectivity index (χ0n) is 12.8. The lowest BCUT2D eigenvalue weighted by Gasteiger charge is -2.14. The fraction of sp³-hybridized carbons (Fsp3) is 0.222. The molecule has 0 aliphatic heterocycles. The molecule has 0 atom stereocenters. The molecule has 0 saturated carbocycles. The molecule has 1 aromatic heterocycles. The van der Waals surface area contributed by atoms with Crippen LogP contribution in [0.4, 0.5) is 0 Å². The number of nitrogens with zero attached hydrogens (tertiary/aromatic N) is 1. The van der Waals surface area contributed by atoms with E-state index in [-0.39, 0.29) is 12.8 Å². The number of nitrogens with one attached hydrogen (secondary N) is 1. The van der Waals surface area contributed by atoms with Crippen LogP contribution >= 0.6 is 11.6 Å². The average molecular weight is 343 g/mol. The van der Waals surface area contributed by atoms with Crippen LogP contribution in [-0.2, 0) is 24.3 Å². The van der Waals surface area contributed by atoms with Crippen LogP contribution in [0.2, 0.25) is 5.02 Å². The van der Waals surface area contributed by atoms with Crippen LogP contribution in [0.3, 0.4) is 0 Å². The predicted octanol–water partition coefficient (Wildman–Crippen LogP) is 2.48. The van der Waals surface area contributed by atoms with Crippen molar-refractivity contribution in [2.24, 2.45) is 0 Å². The molecule has 0 unspecified atom stereocenters. The zero-order chi connectivity index (χ0) is 16.7. The normalized spacial score (nSPS) is 14.2. The van der Waals surface area contributed by atoms with E-state index in [1.807, 2.05) is 12.1 Å². The van der Waals surface area contributed by atoms with Crippen LogP contribution in [0.1, 0.15) is 11.1 Å². The van der Waals surface area contributed by atoms with Gasteiger partial charge in [0.2, 0.25) is 0 Å². The van der Waals surface area contributed by atoms with Gasteiger partial charge in [0.15, 0.2) is 0 Å². The van der Waals surface area contributed by atoms with Gasteiger partial charge in [0.25, 0.3) is 5.56 Å². The van der Waals surface area contributed by atoms with Crippen molar-refractivity contribution in [2.45, 2.75) is 25.7 Å². The molecule has 0 fully saturated rings. The molecule has 0 radical (unpaired) electrons. The van der Waals surface area contributed by atoms with Crippen molar-refractivity contribution in [3.05, 3.63) is 79.5 Å². The van der Waals surface area contributed by atoms with Gasteiger partial charge in [-0.1, -0.05) is 35.9 Å². The van der Waals surface area contributed by atoms with E-state index in [0.717, 1.165) is 12.8 Å². The van der Waals surface area contributed by atoms with Gasteiger partial charge in [-0.3, -0.25) is 14.3 Å². The monoisotopic (exact) mass is 342 g/mol. The standard InChI is InChI=1S/C18H15ClN2O3/c19-13-5-6-16-15(9-13)17(22)20-18(23)21(16)10-24-14-7-11-3-1-2-4-12(11)8-14/h1-6,9,14H,7-8,10H2,(H,20,22,23). The summed E-state index contributed by atoms with van der Waals surface area (Å²) in [5.41, 5.74) is 2.16. The van der Waals surface area contributed by atoms with Gasteiger partial charge in [0.1, 0.15) is 6.73 Å². The maximum atomic E-state index is 12.2. The molecular formula is C18H15ClN2O3. The Morgan fingerprint density at radius 1 is 1.12 bits per heavy atom. The highest BCUT2D eigenvalue weighted by atomic mass is 35.5. The van der Waals surface area contributed by atoms with Crippen molar-refractivity contribution in [3.63, 3.8) is 0 Å². The third-order valence-electron chi connectivity index (χ3n) is 4.41. The summed E-state index contributed by atoms with van der Waals surface area (Å²) in [5, 5.41) is 0.825. The van der Waals surface area contributed by atoms with E-state index in [1.54, 1.807) is 18.2 Å². The maximum absolute atomic E-state index is 12.2. The number of halogens is 1. The summed E-state index contributed by atoms with van der Waals surface area (Å²) in [5.74, 6) is 0. The Bertz CT molecular complexity index is 1010. The van der Waals surface area contributed by atoms with Crippen LogP contribution in [0.5, 0.6) is 0 Å². The number of aromatic amines is 1. The number of fused-ring (bicyclic) bond motifs is 2. The molecule has 1 heterocycles. The van der Waals surface area contributed by atoms with E-state index >= 15 is 0 Å². The number of ether oxygens (including phenoxy) is 1. The highest BCUT2D eigenvalue weighted by Gasteiger charge is 2.21. The van der Waals surface area contributed by atoms with Crippen LogP contribution in [0.15, 0.2) is 52.1 Å². The van der Waals surface area contributed by atoms with E-state index in [0.29, 0.717) is 15.9 Å². The van der Waals surface area contributed by atoms with Crippen molar-refractivity contribution < 1.29 is 4.74 Å². The Labute approximate surface area is 142 Å². The van der Waals surface area contributed by atoms with Crippen LogP contribution < -0.4 is 11.2 Å². The first kappa shape index (κ1) is 15.2. The first-order chi connectivity index (χ1) is 11.6. The second kappa shape index (κ2) is 5.92. The summed E-state index contributed by atoms with van der Waals surface area (Å²) < 4.78 is 7.37. The fourth-order valence-electron chi connectivity index (χ4n) is 3.21. The molecule has 122 valence electrons. The van der Waals surface area contributed by atoms with E-state index in [2.05, 4.69) is 17.1 Å². The molecule has 0 spiro atoms. The molecule has 2 aromatic carbocycles. The third kappa shape index (κ3) is 2.66. The molecule has 1 aliphatic carbocycles. The third-order valence-corrected chi connectivity index (χ3v) is 4.65. The number of hydrogen-bond acceptors (Lipinski definition) is 3. The van der Waals surface area contributed by atoms with Crippen LogP contribution in [0, 0.1) is 0 Å². The summed E-state index contributed by atoms with van der Waals surface area (Å²) >= 11 is 5.94. The minimum atomic E-state index is -0.481. The quantitative estimate of drug-likeness (QED) is 0.795. The Morgan fingerprint density at radius 3 is 2.54 bits per heavy atom.